The van der Waals surface area contributed by atoms with Crippen molar-refractivity contribution in [2.45, 2.75) is 18.9 Å². The lowest BCUT2D eigenvalue weighted by Crippen LogP contribution is -2.48. The minimum absolute atomic E-state index is 0.633. The lowest BCUT2D eigenvalue weighted by molar-refractivity contribution is 0.198. The lowest BCUT2D eigenvalue weighted by atomic mass is 9.94. The van der Waals surface area contributed by atoms with E-state index in [9.17, 15) is 0 Å². The maximum absolute atomic E-state index is 5.78. The van der Waals surface area contributed by atoms with E-state index < -0.39 is 0 Å². The summed E-state index contributed by atoms with van der Waals surface area (Å²) in [5.74, 6) is 6.66. The van der Waals surface area contributed by atoms with Crippen LogP contribution in [-0.2, 0) is 0 Å². The second-order valence-corrected chi connectivity index (χ2v) is 3.35. The van der Waals surface area contributed by atoms with Crippen LogP contribution in [0.1, 0.15) is 12.8 Å². The molecule has 10 heavy (non-hydrogen) atoms. The summed E-state index contributed by atoms with van der Waals surface area (Å²) in [6.07, 6.45) is 2.63. The zero-order valence-electron chi connectivity index (χ0n) is 6.21. The molecule has 0 radical (unpaired) electrons. The smallest absolute Gasteiger partial charge is 0.0395 e. The van der Waals surface area contributed by atoms with Gasteiger partial charge in [-0.15, -0.1) is 0 Å². The van der Waals surface area contributed by atoms with E-state index in [0.29, 0.717) is 6.04 Å². The van der Waals surface area contributed by atoms with Crippen LogP contribution in [0.15, 0.2) is 0 Å². The van der Waals surface area contributed by atoms with E-state index >= 15 is 0 Å². The standard InChI is InChI=1S/C7H15N3/c8-10-4-2-6-1-3-9-5-7(6)10/h6-7,9H,1-5,8H2. The molecule has 58 valence electrons. The summed E-state index contributed by atoms with van der Waals surface area (Å²) in [5.41, 5.74) is 0. The third kappa shape index (κ3) is 0.944. The van der Waals surface area contributed by atoms with Gasteiger partial charge in [-0.3, -0.25) is 5.84 Å². The van der Waals surface area contributed by atoms with Crippen molar-refractivity contribution in [2.75, 3.05) is 19.6 Å². The number of hydrogen-bond donors (Lipinski definition) is 2. The Balaban J connectivity index is 2.01. The monoisotopic (exact) mass is 141 g/mol. The van der Waals surface area contributed by atoms with Crippen molar-refractivity contribution >= 4 is 0 Å². The Kier molecular flexibility index (Phi) is 1.64. The highest BCUT2D eigenvalue weighted by atomic mass is 15.4. The number of rotatable bonds is 0. The van der Waals surface area contributed by atoms with E-state index in [4.69, 9.17) is 5.84 Å². The summed E-state index contributed by atoms with van der Waals surface area (Å²) >= 11 is 0. The lowest BCUT2D eigenvalue weighted by Gasteiger charge is -2.29. The minimum atomic E-state index is 0.633. The van der Waals surface area contributed by atoms with Crippen LogP contribution in [0.2, 0.25) is 0 Å². The van der Waals surface area contributed by atoms with Crippen LogP contribution < -0.4 is 11.2 Å². The van der Waals surface area contributed by atoms with E-state index in [1.165, 1.54) is 19.4 Å². The van der Waals surface area contributed by atoms with Gasteiger partial charge < -0.3 is 5.32 Å². The Hall–Kier alpha value is -0.120. The fraction of sp³-hybridized carbons (Fsp3) is 1.00. The summed E-state index contributed by atoms with van der Waals surface area (Å²) in [5, 5.41) is 5.36. The van der Waals surface area contributed by atoms with Gasteiger partial charge in [-0.2, -0.15) is 0 Å². The topological polar surface area (TPSA) is 41.3 Å². The number of piperidine rings is 1. The second-order valence-electron chi connectivity index (χ2n) is 3.35. The molecule has 2 unspecified atom stereocenters. The molecule has 0 aromatic rings. The number of nitrogens with one attached hydrogen (secondary N) is 1. The average Bonchev–Trinajstić information content (AvgIpc) is 2.34. The minimum Gasteiger partial charge on any atom is -0.315 e. The summed E-state index contributed by atoms with van der Waals surface area (Å²) in [7, 11) is 0. The van der Waals surface area contributed by atoms with Crippen LogP contribution in [0.3, 0.4) is 0 Å². The Labute approximate surface area is 61.5 Å². The first-order chi connectivity index (χ1) is 4.88. The largest absolute Gasteiger partial charge is 0.315 e. The van der Waals surface area contributed by atoms with Crippen molar-refractivity contribution in [1.29, 1.82) is 0 Å². The predicted octanol–water partition coefficient (Wildman–Crippen LogP) is -0.456. The number of fused-ring (bicyclic) bond motifs is 1. The van der Waals surface area contributed by atoms with Gasteiger partial charge in [0, 0.05) is 19.1 Å². The van der Waals surface area contributed by atoms with E-state index in [1.807, 2.05) is 5.01 Å². The molecular weight excluding hydrogens is 126 g/mol. The Morgan fingerprint density at radius 1 is 1.40 bits per heavy atom. The molecule has 3 heteroatoms. The van der Waals surface area contributed by atoms with Crippen LogP contribution >= 0.6 is 0 Å². The average molecular weight is 141 g/mol. The fourth-order valence-electron chi connectivity index (χ4n) is 2.10. The number of nitrogens with zero attached hydrogens (tertiary/aromatic N) is 1. The molecule has 2 saturated heterocycles. The van der Waals surface area contributed by atoms with Gasteiger partial charge in [0.25, 0.3) is 0 Å². The van der Waals surface area contributed by atoms with Crippen LogP contribution in [-0.4, -0.2) is 30.7 Å². The third-order valence-corrected chi connectivity index (χ3v) is 2.77. The van der Waals surface area contributed by atoms with Crippen LogP contribution in [0.5, 0.6) is 0 Å². The number of nitrogens with two attached hydrogens (primary N) is 1. The molecule has 0 aromatic heterocycles. The highest BCUT2D eigenvalue weighted by Gasteiger charge is 2.33. The second kappa shape index (κ2) is 2.49. The van der Waals surface area contributed by atoms with Crippen molar-refractivity contribution in [3.8, 4) is 0 Å². The molecule has 0 aromatic carbocycles. The van der Waals surface area contributed by atoms with Gasteiger partial charge in [-0.1, -0.05) is 0 Å². The normalized spacial score (nSPS) is 41.7. The fourth-order valence-corrected chi connectivity index (χ4v) is 2.10. The summed E-state index contributed by atoms with van der Waals surface area (Å²) in [6.45, 7) is 3.38. The van der Waals surface area contributed by atoms with E-state index in [1.54, 1.807) is 0 Å². The summed E-state index contributed by atoms with van der Waals surface area (Å²) in [4.78, 5) is 0. The van der Waals surface area contributed by atoms with Crippen molar-refractivity contribution in [2.24, 2.45) is 11.8 Å². The highest BCUT2D eigenvalue weighted by molar-refractivity contribution is 4.89. The van der Waals surface area contributed by atoms with Crippen molar-refractivity contribution in [1.82, 2.24) is 10.3 Å². The molecule has 0 aliphatic carbocycles. The molecule has 0 bridgehead atoms. The van der Waals surface area contributed by atoms with Gasteiger partial charge >= 0.3 is 0 Å². The number of hydrogen-bond acceptors (Lipinski definition) is 3. The molecule has 0 amide bonds. The van der Waals surface area contributed by atoms with Crippen molar-refractivity contribution < 1.29 is 0 Å². The Bertz CT molecular complexity index is 124. The molecule has 3 N–H and O–H groups in total. The van der Waals surface area contributed by atoms with Crippen LogP contribution in [0.25, 0.3) is 0 Å². The maximum Gasteiger partial charge on any atom is 0.0395 e. The van der Waals surface area contributed by atoms with E-state index in [-0.39, 0.29) is 0 Å². The molecule has 2 aliphatic rings. The Morgan fingerprint density at radius 3 is 3.10 bits per heavy atom. The third-order valence-electron chi connectivity index (χ3n) is 2.77. The van der Waals surface area contributed by atoms with Gasteiger partial charge in [0.1, 0.15) is 0 Å². The zero-order chi connectivity index (χ0) is 6.97. The van der Waals surface area contributed by atoms with E-state index in [2.05, 4.69) is 5.32 Å². The molecule has 0 saturated carbocycles. The van der Waals surface area contributed by atoms with Crippen molar-refractivity contribution in [3.05, 3.63) is 0 Å². The van der Waals surface area contributed by atoms with Gasteiger partial charge in [0.05, 0.1) is 0 Å². The van der Waals surface area contributed by atoms with Gasteiger partial charge in [-0.05, 0) is 25.3 Å². The molecular formula is C7H15N3. The SMILES string of the molecule is NN1CCC2CCNCC21. The highest BCUT2D eigenvalue weighted by Crippen LogP contribution is 2.25. The molecule has 2 atom stereocenters. The van der Waals surface area contributed by atoms with E-state index in [0.717, 1.165) is 19.0 Å². The van der Waals surface area contributed by atoms with Crippen LogP contribution in [0, 0.1) is 5.92 Å². The quantitative estimate of drug-likeness (QED) is 0.449. The molecule has 3 nitrogen and oxygen atoms in total. The summed E-state index contributed by atoms with van der Waals surface area (Å²) in [6, 6.07) is 0.633. The molecule has 0 spiro atoms. The Morgan fingerprint density at radius 2 is 2.30 bits per heavy atom. The summed E-state index contributed by atoms with van der Waals surface area (Å²) < 4.78 is 0. The first-order valence-corrected chi connectivity index (χ1v) is 4.10. The molecule has 2 fully saturated rings. The van der Waals surface area contributed by atoms with Crippen LogP contribution in [0.4, 0.5) is 0 Å². The molecule has 2 heterocycles. The van der Waals surface area contributed by atoms with Crippen molar-refractivity contribution in [3.63, 3.8) is 0 Å². The first-order valence-electron chi connectivity index (χ1n) is 4.10. The molecule has 2 rings (SSSR count). The van der Waals surface area contributed by atoms with Gasteiger partial charge in [0.15, 0.2) is 0 Å². The maximum atomic E-state index is 5.78. The molecule has 2 aliphatic heterocycles. The zero-order valence-corrected chi connectivity index (χ0v) is 6.21. The van der Waals surface area contributed by atoms with Gasteiger partial charge in [0.2, 0.25) is 0 Å². The van der Waals surface area contributed by atoms with Gasteiger partial charge in [-0.25, -0.2) is 5.01 Å². The predicted molar refractivity (Wildman–Crippen MR) is 40.3 cm³/mol. The first kappa shape index (κ1) is 6.58. The number of hydrazine groups is 1.